The summed E-state index contributed by atoms with van der Waals surface area (Å²) in [5, 5.41) is 10.2. The summed E-state index contributed by atoms with van der Waals surface area (Å²) in [7, 11) is 2.09. The van der Waals surface area contributed by atoms with Crippen LogP contribution in [0.15, 0.2) is 18.2 Å². The molecule has 1 N–H and O–H groups in total. The van der Waals surface area contributed by atoms with E-state index in [1.54, 1.807) is 6.92 Å². The molecule has 2 unspecified atom stereocenters. The Morgan fingerprint density at radius 2 is 2.00 bits per heavy atom. The summed E-state index contributed by atoms with van der Waals surface area (Å²) in [6.07, 6.45) is 2.19. The standard InChI is InChI=1S/C14H20ClNO/c1-9(11-4-5-11)16(3)14-7-6-12(10(2)17)8-13(14)15/h6-11,17H,4-5H2,1-3H3. The highest BCUT2D eigenvalue weighted by Gasteiger charge is 2.31. The van der Waals surface area contributed by atoms with Crippen molar-refractivity contribution in [2.75, 3.05) is 11.9 Å². The van der Waals surface area contributed by atoms with Gasteiger partial charge in [0.2, 0.25) is 0 Å². The van der Waals surface area contributed by atoms with Crippen LogP contribution in [0.2, 0.25) is 5.02 Å². The molecule has 1 aliphatic carbocycles. The van der Waals surface area contributed by atoms with Gasteiger partial charge in [0.15, 0.2) is 0 Å². The van der Waals surface area contributed by atoms with E-state index in [1.165, 1.54) is 12.8 Å². The number of rotatable bonds is 4. The Hall–Kier alpha value is -0.730. The molecule has 1 fully saturated rings. The van der Waals surface area contributed by atoms with Crippen LogP contribution in [-0.4, -0.2) is 18.2 Å². The number of halogens is 1. The average Bonchev–Trinajstić information content (AvgIpc) is 3.10. The summed E-state index contributed by atoms with van der Waals surface area (Å²) in [6.45, 7) is 4.00. The predicted octanol–water partition coefficient (Wildman–Crippen LogP) is 3.63. The molecule has 1 aromatic carbocycles. The molecule has 0 aliphatic heterocycles. The van der Waals surface area contributed by atoms with Crippen molar-refractivity contribution in [1.82, 2.24) is 0 Å². The van der Waals surface area contributed by atoms with Crippen molar-refractivity contribution in [3.63, 3.8) is 0 Å². The molecule has 94 valence electrons. The number of hydrogen-bond acceptors (Lipinski definition) is 2. The first-order valence-corrected chi connectivity index (χ1v) is 6.59. The van der Waals surface area contributed by atoms with E-state index in [0.717, 1.165) is 22.2 Å². The lowest BCUT2D eigenvalue weighted by atomic mass is 10.1. The van der Waals surface area contributed by atoms with E-state index in [9.17, 15) is 5.11 Å². The Morgan fingerprint density at radius 1 is 1.35 bits per heavy atom. The number of nitrogens with zero attached hydrogens (tertiary/aromatic N) is 1. The van der Waals surface area contributed by atoms with Gasteiger partial charge in [-0.1, -0.05) is 17.7 Å². The van der Waals surface area contributed by atoms with Crippen LogP contribution >= 0.6 is 11.6 Å². The van der Waals surface area contributed by atoms with Crippen molar-refractivity contribution in [1.29, 1.82) is 0 Å². The fourth-order valence-corrected chi connectivity index (χ4v) is 2.51. The molecular formula is C14H20ClNO. The van der Waals surface area contributed by atoms with Crippen LogP contribution in [-0.2, 0) is 0 Å². The van der Waals surface area contributed by atoms with Gasteiger partial charge in [0.05, 0.1) is 16.8 Å². The van der Waals surface area contributed by atoms with Crippen LogP contribution in [0.25, 0.3) is 0 Å². The molecule has 17 heavy (non-hydrogen) atoms. The smallest absolute Gasteiger partial charge is 0.0762 e. The lowest BCUT2D eigenvalue weighted by Crippen LogP contribution is -2.30. The van der Waals surface area contributed by atoms with E-state index in [4.69, 9.17) is 11.6 Å². The zero-order valence-corrected chi connectivity index (χ0v) is 11.4. The normalized spacial score (nSPS) is 18.9. The molecule has 1 saturated carbocycles. The lowest BCUT2D eigenvalue weighted by molar-refractivity contribution is 0.199. The third-order valence-corrected chi connectivity index (χ3v) is 4.05. The van der Waals surface area contributed by atoms with E-state index in [1.807, 2.05) is 18.2 Å². The second-order valence-electron chi connectivity index (χ2n) is 5.08. The van der Waals surface area contributed by atoms with Gasteiger partial charge in [0.1, 0.15) is 0 Å². The van der Waals surface area contributed by atoms with Crippen molar-refractivity contribution in [2.45, 2.75) is 38.8 Å². The van der Waals surface area contributed by atoms with E-state index in [0.29, 0.717) is 6.04 Å². The zero-order valence-electron chi connectivity index (χ0n) is 10.7. The second kappa shape index (κ2) is 4.87. The van der Waals surface area contributed by atoms with Crippen LogP contribution in [0.1, 0.15) is 38.4 Å². The monoisotopic (exact) mass is 253 g/mol. The van der Waals surface area contributed by atoms with E-state index in [-0.39, 0.29) is 0 Å². The molecular weight excluding hydrogens is 234 g/mol. The van der Waals surface area contributed by atoms with Crippen molar-refractivity contribution in [3.05, 3.63) is 28.8 Å². The number of benzene rings is 1. The Bertz CT molecular complexity index is 401. The maximum absolute atomic E-state index is 9.51. The Labute approximate surface area is 108 Å². The van der Waals surface area contributed by atoms with Crippen molar-refractivity contribution in [2.24, 2.45) is 5.92 Å². The molecule has 1 aromatic rings. The molecule has 2 nitrogen and oxygen atoms in total. The molecule has 0 bridgehead atoms. The number of hydrogen-bond donors (Lipinski definition) is 1. The highest BCUT2D eigenvalue weighted by Crippen LogP contribution is 2.38. The molecule has 0 radical (unpaired) electrons. The van der Waals surface area contributed by atoms with Gasteiger partial charge in [-0.05, 0) is 50.3 Å². The molecule has 3 heteroatoms. The maximum Gasteiger partial charge on any atom is 0.0762 e. The molecule has 0 heterocycles. The zero-order chi connectivity index (χ0) is 12.6. The third-order valence-electron chi connectivity index (χ3n) is 3.75. The van der Waals surface area contributed by atoms with Crippen LogP contribution in [0.3, 0.4) is 0 Å². The summed E-state index contributed by atoms with van der Waals surface area (Å²) in [5.74, 6) is 0.813. The average molecular weight is 254 g/mol. The Morgan fingerprint density at radius 3 is 2.47 bits per heavy atom. The topological polar surface area (TPSA) is 23.5 Å². The molecule has 0 amide bonds. The quantitative estimate of drug-likeness (QED) is 0.886. The first-order chi connectivity index (χ1) is 8.00. The summed E-state index contributed by atoms with van der Waals surface area (Å²) in [5.41, 5.74) is 1.92. The van der Waals surface area contributed by atoms with Crippen LogP contribution < -0.4 is 4.90 Å². The fraction of sp³-hybridized carbons (Fsp3) is 0.571. The summed E-state index contributed by atoms with van der Waals surface area (Å²) >= 11 is 6.28. The summed E-state index contributed by atoms with van der Waals surface area (Å²) in [6, 6.07) is 6.34. The van der Waals surface area contributed by atoms with Gasteiger partial charge < -0.3 is 10.0 Å². The van der Waals surface area contributed by atoms with Gasteiger partial charge in [-0.25, -0.2) is 0 Å². The minimum absolute atomic E-state index is 0.465. The van der Waals surface area contributed by atoms with Crippen LogP contribution in [0, 0.1) is 5.92 Å². The first-order valence-electron chi connectivity index (χ1n) is 6.21. The van der Waals surface area contributed by atoms with Gasteiger partial charge in [-0.2, -0.15) is 0 Å². The lowest BCUT2D eigenvalue weighted by Gasteiger charge is -2.28. The van der Waals surface area contributed by atoms with Crippen molar-refractivity contribution >= 4 is 17.3 Å². The third kappa shape index (κ3) is 2.75. The van der Waals surface area contributed by atoms with E-state index < -0.39 is 6.10 Å². The molecule has 0 aromatic heterocycles. The minimum atomic E-state index is -0.465. The molecule has 0 saturated heterocycles. The van der Waals surface area contributed by atoms with Gasteiger partial charge in [-0.3, -0.25) is 0 Å². The molecule has 1 aliphatic rings. The van der Waals surface area contributed by atoms with E-state index in [2.05, 4.69) is 18.9 Å². The van der Waals surface area contributed by atoms with E-state index >= 15 is 0 Å². The number of aliphatic hydroxyl groups excluding tert-OH is 1. The maximum atomic E-state index is 9.51. The van der Waals surface area contributed by atoms with Gasteiger partial charge in [-0.15, -0.1) is 0 Å². The summed E-state index contributed by atoms with van der Waals surface area (Å²) in [4.78, 5) is 2.24. The molecule has 0 spiro atoms. The highest BCUT2D eigenvalue weighted by molar-refractivity contribution is 6.33. The predicted molar refractivity (Wildman–Crippen MR) is 72.7 cm³/mol. The number of aliphatic hydroxyl groups is 1. The van der Waals surface area contributed by atoms with Crippen LogP contribution in [0.4, 0.5) is 5.69 Å². The minimum Gasteiger partial charge on any atom is -0.389 e. The van der Waals surface area contributed by atoms with Crippen molar-refractivity contribution < 1.29 is 5.11 Å². The Balaban J connectivity index is 2.20. The molecule has 2 rings (SSSR count). The molecule has 2 atom stereocenters. The van der Waals surface area contributed by atoms with Crippen molar-refractivity contribution in [3.8, 4) is 0 Å². The van der Waals surface area contributed by atoms with Crippen LogP contribution in [0.5, 0.6) is 0 Å². The Kier molecular flexibility index (Phi) is 3.64. The van der Waals surface area contributed by atoms with Gasteiger partial charge in [0, 0.05) is 13.1 Å². The second-order valence-corrected chi connectivity index (χ2v) is 5.48. The highest BCUT2D eigenvalue weighted by atomic mass is 35.5. The number of anilines is 1. The van der Waals surface area contributed by atoms with Gasteiger partial charge >= 0.3 is 0 Å². The largest absolute Gasteiger partial charge is 0.389 e. The SMILES string of the molecule is CC(O)c1ccc(N(C)C(C)C2CC2)c(Cl)c1. The fourth-order valence-electron chi connectivity index (χ4n) is 2.18. The summed E-state index contributed by atoms with van der Waals surface area (Å²) < 4.78 is 0. The first kappa shape index (κ1) is 12.7. The van der Waals surface area contributed by atoms with Gasteiger partial charge in [0.25, 0.3) is 0 Å².